The zero-order valence-electron chi connectivity index (χ0n) is 8.58. The van der Waals surface area contributed by atoms with Crippen LogP contribution in [0.2, 0.25) is 0 Å². The third kappa shape index (κ3) is 4.85. The summed E-state index contributed by atoms with van der Waals surface area (Å²) in [5.41, 5.74) is -0.746. The molecule has 0 radical (unpaired) electrons. The van der Waals surface area contributed by atoms with Crippen molar-refractivity contribution in [2.24, 2.45) is 0 Å². The van der Waals surface area contributed by atoms with Gasteiger partial charge in [0.15, 0.2) is 0 Å². The molecule has 0 aliphatic carbocycles. The highest BCUT2D eigenvalue weighted by molar-refractivity contribution is 5.69. The van der Waals surface area contributed by atoms with Crippen LogP contribution in [0, 0.1) is 0 Å². The Hall–Kier alpha value is -0.610. The number of hydrogen-bond donors (Lipinski definition) is 2. The molecule has 0 rings (SSSR count). The molecule has 13 heavy (non-hydrogen) atoms. The normalized spacial score (nSPS) is 12.1. The van der Waals surface area contributed by atoms with E-state index >= 15 is 0 Å². The number of carboxylic acid groups (broad SMARTS) is 1. The number of aliphatic hydroxyl groups is 1. The van der Waals surface area contributed by atoms with Crippen LogP contribution < -0.4 is 0 Å². The van der Waals surface area contributed by atoms with Crippen molar-refractivity contribution in [2.75, 3.05) is 20.1 Å². The van der Waals surface area contributed by atoms with E-state index in [4.69, 9.17) is 5.11 Å². The van der Waals surface area contributed by atoms with Crippen molar-refractivity contribution in [1.29, 1.82) is 0 Å². The molecule has 0 saturated heterocycles. The molecule has 0 aliphatic heterocycles. The Morgan fingerprint density at radius 2 is 1.85 bits per heavy atom. The molecule has 78 valence electrons. The quantitative estimate of drug-likeness (QED) is 0.640. The zero-order chi connectivity index (χ0) is 10.5. The molecule has 0 aromatic rings. The van der Waals surface area contributed by atoms with Gasteiger partial charge < -0.3 is 10.2 Å². The lowest BCUT2D eigenvalue weighted by molar-refractivity contribution is -0.138. The maximum Gasteiger partial charge on any atom is 0.317 e. The number of rotatable bonds is 6. The van der Waals surface area contributed by atoms with Crippen molar-refractivity contribution in [3.63, 3.8) is 0 Å². The van der Waals surface area contributed by atoms with Crippen molar-refractivity contribution in [3.05, 3.63) is 0 Å². The topological polar surface area (TPSA) is 60.8 Å². The Balaban J connectivity index is 4.01. The van der Waals surface area contributed by atoms with E-state index in [0.29, 0.717) is 19.4 Å². The molecular weight excluding hydrogens is 170 g/mol. The molecule has 0 bridgehead atoms. The average Bonchev–Trinajstić information content (AvgIpc) is 2.02. The van der Waals surface area contributed by atoms with Crippen LogP contribution in [0.4, 0.5) is 0 Å². The van der Waals surface area contributed by atoms with Gasteiger partial charge in [0, 0.05) is 6.54 Å². The predicted octanol–water partition coefficient (Wildman–Crippen LogP) is 0.554. The highest BCUT2D eigenvalue weighted by Gasteiger charge is 2.24. The fraction of sp³-hybridized carbons (Fsp3) is 0.889. The largest absolute Gasteiger partial charge is 0.480 e. The summed E-state index contributed by atoms with van der Waals surface area (Å²) in [6.45, 7) is 4.19. The Kier molecular flexibility index (Phi) is 4.95. The summed E-state index contributed by atoms with van der Waals surface area (Å²) in [7, 11) is 1.70. The second kappa shape index (κ2) is 5.19. The summed E-state index contributed by atoms with van der Waals surface area (Å²) in [6.07, 6.45) is 1.29. The summed E-state index contributed by atoms with van der Waals surface area (Å²) >= 11 is 0. The van der Waals surface area contributed by atoms with Crippen LogP contribution in [0.25, 0.3) is 0 Å². The Bertz CT molecular complexity index is 166. The third-order valence-electron chi connectivity index (χ3n) is 2.29. The summed E-state index contributed by atoms with van der Waals surface area (Å²) in [4.78, 5) is 12.0. The van der Waals surface area contributed by atoms with Gasteiger partial charge in [0.05, 0.1) is 12.1 Å². The molecule has 0 spiro atoms. The van der Waals surface area contributed by atoms with Gasteiger partial charge >= 0.3 is 5.97 Å². The van der Waals surface area contributed by atoms with Crippen LogP contribution in [-0.4, -0.2) is 46.8 Å². The van der Waals surface area contributed by atoms with Crippen LogP contribution in [0.15, 0.2) is 0 Å². The molecule has 0 aliphatic rings. The second-order valence-electron chi connectivity index (χ2n) is 3.50. The first kappa shape index (κ1) is 12.4. The number of likely N-dealkylation sites (N-methyl/N-ethyl adjacent to an activating group) is 1. The standard InChI is InChI=1S/C9H19NO3/c1-4-9(13,5-2)7-10(3)6-8(11)12/h13H,4-7H2,1-3H3,(H,11,12). The number of aliphatic carboxylic acids is 1. The third-order valence-corrected chi connectivity index (χ3v) is 2.29. The molecule has 4 heteroatoms. The van der Waals surface area contributed by atoms with Crippen molar-refractivity contribution in [2.45, 2.75) is 32.3 Å². The molecule has 0 fully saturated rings. The van der Waals surface area contributed by atoms with Gasteiger partial charge in [0.2, 0.25) is 0 Å². The van der Waals surface area contributed by atoms with Gasteiger partial charge in [-0.05, 0) is 19.9 Å². The fourth-order valence-electron chi connectivity index (χ4n) is 1.26. The summed E-state index contributed by atoms with van der Waals surface area (Å²) < 4.78 is 0. The van der Waals surface area contributed by atoms with Crippen LogP contribution in [-0.2, 0) is 4.79 Å². The lowest BCUT2D eigenvalue weighted by atomic mass is 9.97. The molecular formula is C9H19NO3. The minimum Gasteiger partial charge on any atom is -0.480 e. The molecule has 0 amide bonds. The van der Waals surface area contributed by atoms with E-state index in [1.54, 1.807) is 11.9 Å². The lowest BCUT2D eigenvalue weighted by Crippen LogP contribution is -2.42. The van der Waals surface area contributed by atoms with E-state index in [0.717, 1.165) is 0 Å². The van der Waals surface area contributed by atoms with E-state index in [-0.39, 0.29) is 6.54 Å². The highest BCUT2D eigenvalue weighted by Crippen LogP contribution is 2.15. The first-order valence-electron chi connectivity index (χ1n) is 4.56. The maximum absolute atomic E-state index is 10.3. The highest BCUT2D eigenvalue weighted by atomic mass is 16.4. The summed E-state index contributed by atoms with van der Waals surface area (Å²) in [5, 5.41) is 18.4. The average molecular weight is 189 g/mol. The monoisotopic (exact) mass is 189 g/mol. The van der Waals surface area contributed by atoms with Crippen molar-refractivity contribution in [1.82, 2.24) is 4.90 Å². The molecule has 0 aromatic carbocycles. The van der Waals surface area contributed by atoms with Crippen molar-refractivity contribution in [3.8, 4) is 0 Å². The van der Waals surface area contributed by atoms with E-state index in [2.05, 4.69) is 0 Å². The van der Waals surface area contributed by atoms with Crippen molar-refractivity contribution < 1.29 is 15.0 Å². The van der Waals surface area contributed by atoms with Crippen LogP contribution in [0.5, 0.6) is 0 Å². The number of hydrogen-bond acceptors (Lipinski definition) is 3. The lowest BCUT2D eigenvalue weighted by Gasteiger charge is -2.29. The summed E-state index contributed by atoms with van der Waals surface area (Å²) in [6, 6.07) is 0. The SMILES string of the molecule is CCC(O)(CC)CN(C)CC(=O)O. The zero-order valence-corrected chi connectivity index (χ0v) is 8.58. The van der Waals surface area contributed by atoms with Gasteiger partial charge in [-0.3, -0.25) is 9.69 Å². The predicted molar refractivity (Wildman–Crippen MR) is 50.7 cm³/mol. The van der Waals surface area contributed by atoms with E-state index in [1.165, 1.54) is 0 Å². The van der Waals surface area contributed by atoms with Crippen LogP contribution in [0.3, 0.4) is 0 Å². The first-order chi connectivity index (χ1) is 5.93. The molecule has 0 heterocycles. The van der Waals surface area contributed by atoms with E-state index in [9.17, 15) is 9.90 Å². The van der Waals surface area contributed by atoms with E-state index < -0.39 is 11.6 Å². The first-order valence-corrected chi connectivity index (χ1v) is 4.56. The molecule has 0 atom stereocenters. The van der Waals surface area contributed by atoms with Gasteiger partial charge in [-0.15, -0.1) is 0 Å². The minimum atomic E-state index is -0.864. The van der Waals surface area contributed by atoms with Gasteiger partial charge in [-0.1, -0.05) is 13.8 Å². The van der Waals surface area contributed by atoms with Crippen LogP contribution in [0.1, 0.15) is 26.7 Å². The van der Waals surface area contributed by atoms with E-state index in [1.807, 2.05) is 13.8 Å². The van der Waals surface area contributed by atoms with Gasteiger partial charge in [-0.25, -0.2) is 0 Å². The fourth-order valence-corrected chi connectivity index (χ4v) is 1.26. The molecule has 0 aromatic heterocycles. The summed E-state index contributed by atoms with van der Waals surface area (Å²) in [5.74, 6) is -0.864. The van der Waals surface area contributed by atoms with Crippen molar-refractivity contribution >= 4 is 5.97 Å². The van der Waals surface area contributed by atoms with Gasteiger partial charge in [0.25, 0.3) is 0 Å². The molecule has 0 unspecified atom stereocenters. The number of carboxylic acids is 1. The second-order valence-corrected chi connectivity index (χ2v) is 3.50. The van der Waals surface area contributed by atoms with Crippen LogP contribution >= 0.6 is 0 Å². The molecule has 2 N–H and O–H groups in total. The molecule has 4 nitrogen and oxygen atoms in total. The Labute approximate surface area is 79.2 Å². The smallest absolute Gasteiger partial charge is 0.317 e. The maximum atomic E-state index is 10.3. The molecule has 0 saturated carbocycles. The Morgan fingerprint density at radius 3 is 2.15 bits per heavy atom. The Morgan fingerprint density at radius 1 is 1.38 bits per heavy atom. The van der Waals surface area contributed by atoms with Gasteiger partial charge in [0.1, 0.15) is 0 Å². The number of nitrogens with zero attached hydrogens (tertiary/aromatic N) is 1. The van der Waals surface area contributed by atoms with Gasteiger partial charge in [-0.2, -0.15) is 0 Å². The number of carbonyl (C=O) groups is 1. The minimum absolute atomic E-state index is 0.0255.